The molecular formula is C16H21NO4. The maximum absolute atomic E-state index is 11.8. The van der Waals surface area contributed by atoms with Crippen molar-refractivity contribution >= 4 is 18.0 Å². The van der Waals surface area contributed by atoms with Gasteiger partial charge in [0, 0.05) is 6.08 Å². The zero-order chi connectivity index (χ0) is 16.0. The number of methoxy groups -OCH3 is 1. The normalized spacial score (nSPS) is 13.0. The quantitative estimate of drug-likeness (QED) is 0.816. The average molecular weight is 291 g/mol. The van der Waals surface area contributed by atoms with Gasteiger partial charge in [-0.25, -0.2) is 4.79 Å². The number of hydrogen-bond donors (Lipinski definition) is 2. The fourth-order valence-corrected chi connectivity index (χ4v) is 1.76. The first-order valence-electron chi connectivity index (χ1n) is 6.59. The summed E-state index contributed by atoms with van der Waals surface area (Å²) < 4.78 is 5.09. The van der Waals surface area contributed by atoms with Gasteiger partial charge in [-0.15, -0.1) is 0 Å². The molecule has 21 heavy (non-hydrogen) atoms. The molecule has 0 aromatic heterocycles. The van der Waals surface area contributed by atoms with E-state index in [4.69, 9.17) is 9.84 Å². The Hall–Kier alpha value is -2.30. The highest BCUT2D eigenvalue weighted by Gasteiger charge is 2.31. The highest BCUT2D eigenvalue weighted by atomic mass is 16.5. The molecule has 5 nitrogen and oxygen atoms in total. The van der Waals surface area contributed by atoms with Crippen LogP contribution in [0.1, 0.15) is 26.3 Å². The Labute approximate surface area is 124 Å². The lowest BCUT2D eigenvalue weighted by molar-refractivity contribution is -0.144. The molecular weight excluding hydrogens is 270 g/mol. The number of nitrogens with one attached hydrogen (secondary N) is 1. The maximum Gasteiger partial charge on any atom is 0.326 e. The van der Waals surface area contributed by atoms with Crippen LogP contribution in [0.25, 0.3) is 6.08 Å². The van der Waals surface area contributed by atoms with Gasteiger partial charge in [0.1, 0.15) is 11.8 Å². The lowest BCUT2D eigenvalue weighted by atomic mass is 9.87. The molecule has 114 valence electrons. The summed E-state index contributed by atoms with van der Waals surface area (Å²) in [4.78, 5) is 23.0. The maximum atomic E-state index is 11.8. The molecule has 1 amide bonds. The Kier molecular flexibility index (Phi) is 5.52. The van der Waals surface area contributed by atoms with Gasteiger partial charge in [0.25, 0.3) is 0 Å². The lowest BCUT2D eigenvalue weighted by Crippen LogP contribution is -2.48. The van der Waals surface area contributed by atoms with Gasteiger partial charge < -0.3 is 15.2 Å². The van der Waals surface area contributed by atoms with Crippen molar-refractivity contribution < 1.29 is 19.4 Å². The minimum Gasteiger partial charge on any atom is -0.497 e. The monoisotopic (exact) mass is 291 g/mol. The minimum absolute atomic E-state index is 0.444. The van der Waals surface area contributed by atoms with Crippen LogP contribution in [0, 0.1) is 5.41 Å². The van der Waals surface area contributed by atoms with Gasteiger partial charge in [0.05, 0.1) is 7.11 Å². The molecule has 0 aliphatic carbocycles. The molecule has 1 aromatic rings. The van der Waals surface area contributed by atoms with Crippen molar-refractivity contribution in [3.8, 4) is 5.75 Å². The summed E-state index contributed by atoms with van der Waals surface area (Å²) in [6, 6.07) is 6.27. The molecule has 0 saturated carbocycles. The van der Waals surface area contributed by atoms with E-state index in [9.17, 15) is 9.59 Å². The van der Waals surface area contributed by atoms with Gasteiger partial charge in [-0.1, -0.05) is 32.9 Å². The topological polar surface area (TPSA) is 75.6 Å². The molecule has 0 spiro atoms. The zero-order valence-electron chi connectivity index (χ0n) is 12.7. The van der Waals surface area contributed by atoms with Crippen LogP contribution in [0.5, 0.6) is 5.75 Å². The highest BCUT2D eigenvalue weighted by Crippen LogP contribution is 2.19. The van der Waals surface area contributed by atoms with Gasteiger partial charge in [0.15, 0.2) is 0 Å². The Morgan fingerprint density at radius 2 is 2.00 bits per heavy atom. The van der Waals surface area contributed by atoms with Crippen molar-refractivity contribution in [2.24, 2.45) is 5.41 Å². The van der Waals surface area contributed by atoms with E-state index in [-0.39, 0.29) is 0 Å². The molecule has 0 radical (unpaired) electrons. The largest absolute Gasteiger partial charge is 0.497 e. The smallest absolute Gasteiger partial charge is 0.326 e. The number of aliphatic carboxylic acids is 1. The minimum atomic E-state index is -1.05. The molecule has 0 unspecified atom stereocenters. The van der Waals surface area contributed by atoms with Crippen molar-refractivity contribution in [1.29, 1.82) is 0 Å². The molecule has 1 atom stereocenters. The Morgan fingerprint density at radius 3 is 2.52 bits per heavy atom. The van der Waals surface area contributed by atoms with E-state index in [0.29, 0.717) is 5.75 Å². The number of carboxylic acids is 1. The molecule has 2 N–H and O–H groups in total. The van der Waals surface area contributed by atoms with Crippen molar-refractivity contribution in [2.75, 3.05) is 7.11 Å². The van der Waals surface area contributed by atoms with Crippen LogP contribution in [0.15, 0.2) is 30.3 Å². The van der Waals surface area contributed by atoms with E-state index < -0.39 is 23.3 Å². The fraction of sp³-hybridized carbons (Fsp3) is 0.375. The van der Waals surface area contributed by atoms with Crippen LogP contribution < -0.4 is 10.1 Å². The van der Waals surface area contributed by atoms with E-state index in [2.05, 4.69) is 5.32 Å². The van der Waals surface area contributed by atoms with Crippen molar-refractivity contribution in [2.45, 2.75) is 26.8 Å². The molecule has 1 rings (SSSR count). The van der Waals surface area contributed by atoms with Gasteiger partial charge in [-0.05, 0) is 29.2 Å². The van der Waals surface area contributed by atoms with E-state index in [0.717, 1.165) is 5.56 Å². The number of hydrogen-bond acceptors (Lipinski definition) is 3. The predicted octanol–water partition coefficient (Wildman–Crippen LogP) is 2.32. The SMILES string of the molecule is COc1cccc(/C=C/C(=O)N[C@H](C(=O)O)C(C)(C)C)c1. The van der Waals surface area contributed by atoms with Crippen LogP contribution in [0.3, 0.4) is 0 Å². The van der Waals surface area contributed by atoms with E-state index >= 15 is 0 Å². The predicted molar refractivity (Wildman–Crippen MR) is 81.0 cm³/mol. The Morgan fingerprint density at radius 1 is 1.33 bits per heavy atom. The third-order valence-electron chi connectivity index (χ3n) is 2.92. The van der Waals surface area contributed by atoms with Crippen molar-refractivity contribution in [1.82, 2.24) is 5.32 Å². The molecule has 0 saturated heterocycles. The first-order valence-corrected chi connectivity index (χ1v) is 6.59. The summed E-state index contributed by atoms with van der Waals surface area (Å²) in [6.07, 6.45) is 2.93. The first kappa shape index (κ1) is 16.8. The van der Waals surface area contributed by atoms with Crippen LogP contribution in [0.2, 0.25) is 0 Å². The second-order valence-corrected chi connectivity index (χ2v) is 5.76. The lowest BCUT2D eigenvalue weighted by Gasteiger charge is -2.27. The summed E-state index contributed by atoms with van der Waals surface area (Å²) in [5.41, 5.74) is 0.234. The Balaban J connectivity index is 2.76. The van der Waals surface area contributed by atoms with Crippen LogP contribution in [-0.2, 0) is 9.59 Å². The number of ether oxygens (including phenoxy) is 1. The molecule has 0 heterocycles. The molecule has 0 aliphatic heterocycles. The molecule has 0 bridgehead atoms. The van der Waals surface area contributed by atoms with Gasteiger partial charge in [-0.3, -0.25) is 4.79 Å². The number of rotatable bonds is 5. The number of amides is 1. The van der Waals surface area contributed by atoms with Crippen LogP contribution in [0.4, 0.5) is 0 Å². The van der Waals surface area contributed by atoms with Crippen molar-refractivity contribution in [3.63, 3.8) is 0 Å². The van der Waals surface area contributed by atoms with Gasteiger partial charge in [0.2, 0.25) is 5.91 Å². The molecule has 5 heteroatoms. The second kappa shape index (κ2) is 6.92. The number of carbonyl (C=O) groups excluding carboxylic acids is 1. The van der Waals surface area contributed by atoms with Crippen LogP contribution in [-0.4, -0.2) is 30.1 Å². The zero-order valence-corrected chi connectivity index (χ0v) is 12.7. The highest BCUT2D eigenvalue weighted by molar-refractivity contribution is 5.94. The summed E-state index contributed by atoms with van der Waals surface area (Å²) in [5, 5.41) is 11.7. The first-order chi connectivity index (χ1) is 9.74. The van der Waals surface area contributed by atoms with Crippen LogP contribution >= 0.6 is 0 Å². The van der Waals surface area contributed by atoms with E-state index in [1.54, 1.807) is 46.1 Å². The van der Waals surface area contributed by atoms with E-state index in [1.165, 1.54) is 6.08 Å². The standard InChI is InChI=1S/C16H21NO4/c1-16(2,3)14(15(19)20)17-13(18)9-8-11-6-5-7-12(10-11)21-4/h5-10,14H,1-4H3,(H,17,18)(H,19,20)/b9-8+/t14-/m1/s1. The third-order valence-corrected chi connectivity index (χ3v) is 2.92. The number of carboxylic acid groups (broad SMARTS) is 1. The molecule has 0 aliphatic rings. The fourth-order valence-electron chi connectivity index (χ4n) is 1.76. The average Bonchev–Trinajstić information content (AvgIpc) is 2.41. The summed E-state index contributed by atoms with van der Waals surface area (Å²) in [7, 11) is 1.57. The summed E-state index contributed by atoms with van der Waals surface area (Å²) in [6.45, 7) is 5.29. The van der Waals surface area contributed by atoms with E-state index in [1.807, 2.05) is 12.1 Å². The third kappa shape index (κ3) is 5.30. The molecule has 0 fully saturated rings. The van der Waals surface area contributed by atoms with Gasteiger partial charge >= 0.3 is 5.97 Å². The molecule has 1 aromatic carbocycles. The van der Waals surface area contributed by atoms with Gasteiger partial charge in [-0.2, -0.15) is 0 Å². The number of carbonyl (C=O) groups is 2. The second-order valence-electron chi connectivity index (χ2n) is 5.76. The van der Waals surface area contributed by atoms with Crippen molar-refractivity contribution in [3.05, 3.63) is 35.9 Å². The Bertz CT molecular complexity index is 543. The summed E-state index contributed by atoms with van der Waals surface area (Å²) in [5.74, 6) is -0.804. The number of benzene rings is 1. The summed E-state index contributed by atoms with van der Waals surface area (Å²) >= 11 is 0.